The summed E-state index contributed by atoms with van der Waals surface area (Å²) in [5.74, 6) is 0.707. The first-order valence-electron chi connectivity index (χ1n) is 24.4. The summed E-state index contributed by atoms with van der Waals surface area (Å²) in [5, 5.41) is 9.87. The van der Waals surface area contributed by atoms with E-state index < -0.39 is 5.79 Å². The summed E-state index contributed by atoms with van der Waals surface area (Å²) in [6.07, 6.45) is 29.4. The van der Waals surface area contributed by atoms with Crippen LogP contribution in [0.3, 0.4) is 0 Å². The molecule has 2 saturated carbocycles. The van der Waals surface area contributed by atoms with E-state index in [1.807, 2.05) is 6.07 Å². The van der Waals surface area contributed by atoms with Gasteiger partial charge in [-0.1, -0.05) is 93.6 Å². The summed E-state index contributed by atoms with van der Waals surface area (Å²) in [6.45, 7) is 8.82. The van der Waals surface area contributed by atoms with Crippen molar-refractivity contribution in [2.45, 2.75) is 141 Å². The summed E-state index contributed by atoms with van der Waals surface area (Å²) < 4.78 is 25.1. The van der Waals surface area contributed by atoms with Gasteiger partial charge in [-0.3, -0.25) is 0 Å². The molecule has 4 atom stereocenters. The van der Waals surface area contributed by atoms with Crippen molar-refractivity contribution < 1.29 is 14.2 Å². The molecule has 0 N–H and O–H groups in total. The van der Waals surface area contributed by atoms with Gasteiger partial charge in [-0.15, -0.1) is 0 Å². The van der Waals surface area contributed by atoms with E-state index in [0.29, 0.717) is 40.7 Å². The molecular weight excluding hydrogens is 860 g/mol. The van der Waals surface area contributed by atoms with E-state index in [4.69, 9.17) is 37.4 Å². The highest BCUT2D eigenvalue weighted by Gasteiger charge is 2.46. The van der Waals surface area contributed by atoms with Crippen molar-refractivity contribution in [2.24, 2.45) is 5.92 Å². The molecule has 65 heavy (non-hydrogen) atoms. The molecule has 12 nitrogen and oxygen atoms in total. The lowest BCUT2D eigenvalue weighted by Gasteiger charge is -2.40. The van der Waals surface area contributed by atoms with Crippen LogP contribution in [0.4, 0.5) is 5.69 Å². The Labute approximate surface area is 394 Å². The van der Waals surface area contributed by atoms with Gasteiger partial charge >= 0.3 is 5.69 Å². The lowest BCUT2D eigenvalue weighted by atomic mass is 9.84. The van der Waals surface area contributed by atoms with Gasteiger partial charge in [-0.05, 0) is 117 Å². The molecule has 3 aliphatic carbocycles. The molecule has 2 aromatic heterocycles. The zero-order valence-electron chi connectivity index (χ0n) is 38.3. The van der Waals surface area contributed by atoms with Crippen LogP contribution in [-0.2, 0) is 26.5 Å². The summed E-state index contributed by atoms with van der Waals surface area (Å²) >= 11 is 13.1. The zero-order valence-corrected chi connectivity index (χ0v) is 39.8. The van der Waals surface area contributed by atoms with Crippen LogP contribution in [0, 0.1) is 5.92 Å². The van der Waals surface area contributed by atoms with Crippen LogP contribution in [0.15, 0.2) is 95.4 Å². The fourth-order valence-corrected chi connectivity index (χ4v) is 11.2. The van der Waals surface area contributed by atoms with Gasteiger partial charge in [0, 0.05) is 48.1 Å². The van der Waals surface area contributed by atoms with Crippen molar-refractivity contribution in [1.29, 1.82) is 0 Å². The fraction of sp³-hybridized carbons (Fsp3) is 0.569. The Bertz CT molecular complexity index is 2380. The number of nitrogens with zero attached hydrogens (tertiary/aromatic N) is 8. The second-order valence-corrected chi connectivity index (χ2v) is 19.7. The highest BCUT2D eigenvalue weighted by molar-refractivity contribution is 6.35. The average Bonchev–Trinajstić information content (AvgIpc) is 4.07. The lowest BCUT2D eigenvalue weighted by Crippen LogP contribution is -2.46. The maximum Gasteiger partial charge on any atom is 0.350 e. The van der Waals surface area contributed by atoms with Crippen LogP contribution in [0.25, 0.3) is 5.69 Å². The van der Waals surface area contributed by atoms with Crippen LogP contribution >= 0.6 is 23.2 Å². The number of halogens is 2. The summed E-state index contributed by atoms with van der Waals surface area (Å²) in [6, 6.07) is 12.2. The van der Waals surface area contributed by atoms with Crippen molar-refractivity contribution in [2.75, 3.05) is 44.3 Å². The van der Waals surface area contributed by atoms with Gasteiger partial charge < -0.3 is 24.0 Å². The second kappa shape index (κ2) is 21.1. The van der Waals surface area contributed by atoms with Gasteiger partial charge in [0.1, 0.15) is 44.0 Å². The molecule has 5 aliphatic rings. The summed E-state index contributed by atoms with van der Waals surface area (Å²) in [4.78, 5) is 22.9. The molecule has 4 aromatic rings. The number of anilines is 1. The van der Waals surface area contributed by atoms with Crippen molar-refractivity contribution >= 4 is 28.9 Å². The number of allylic oxidation sites excluding steroid dienone is 4. The van der Waals surface area contributed by atoms with E-state index in [2.05, 4.69) is 75.3 Å². The number of ether oxygens (including phenoxy) is 3. The molecule has 14 heteroatoms. The highest BCUT2D eigenvalue weighted by atomic mass is 35.5. The smallest absolute Gasteiger partial charge is 0.350 e. The standard InChI is InChI=1S/C51H66Cl2N8O4/c1-3-37(2)61-50(62)60(36-56-61)43-18-21-48(45(30-43)39-14-10-5-4-6-11-15-39)58-25-23-57(24-26-58)42-19-22-49(40-16-12-8-7-9-13-38(27-40)28-42)63-31-44-32-64-51(65-44,33-59-35-54-34-55-59)46-20-17-41(52)29-47(46)53/h17-22,28-30,34-39,44H,3-16,23-27,31-33H2,1-2H3/b22-19-,42-28-,49-40-/t37?,38-,44+,51+/m0/s1. The fourth-order valence-electron chi connectivity index (χ4n) is 10.6. The Morgan fingerprint density at radius 1 is 0.877 bits per heavy atom. The summed E-state index contributed by atoms with van der Waals surface area (Å²) in [7, 11) is 0. The first-order chi connectivity index (χ1) is 31.8. The maximum absolute atomic E-state index is 13.6. The summed E-state index contributed by atoms with van der Waals surface area (Å²) in [5.41, 5.74) is 6.93. The van der Waals surface area contributed by atoms with Crippen molar-refractivity contribution in [1.82, 2.24) is 34.0 Å². The van der Waals surface area contributed by atoms with Crippen LogP contribution in [0.2, 0.25) is 10.0 Å². The monoisotopic (exact) mass is 924 g/mol. The van der Waals surface area contributed by atoms with Crippen molar-refractivity contribution in [3.63, 3.8) is 0 Å². The van der Waals surface area contributed by atoms with Gasteiger partial charge in [-0.25, -0.2) is 23.7 Å². The maximum atomic E-state index is 13.6. The Kier molecular flexibility index (Phi) is 14.8. The third kappa shape index (κ3) is 10.6. The average molecular weight is 926 g/mol. The van der Waals surface area contributed by atoms with E-state index in [1.54, 1.807) is 38.7 Å². The number of hydrogen-bond acceptors (Lipinski definition) is 9. The van der Waals surface area contributed by atoms with Crippen LogP contribution < -0.4 is 10.6 Å². The van der Waals surface area contributed by atoms with Crippen molar-refractivity contribution in [3.8, 4) is 5.69 Å². The molecule has 2 aromatic carbocycles. The lowest BCUT2D eigenvalue weighted by molar-refractivity contribution is -0.191. The molecule has 0 amide bonds. The Hall–Kier alpha value is -4.36. The molecule has 2 bridgehead atoms. The first kappa shape index (κ1) is 45.8. The molecule has 4 fully saturated rings. The molecule has 4 heterocycles. The molecular formula is C51H66Cl2N8O4. The number of aromatic nitrogens is 6. The second-order valence-electron chi connectivity index (χ2n) is 18.9. The SMILES string of the molecule is CCC(C)n1ncn(-c2ccc(N3CCN(C4=C\[C@H]5CCCCCC\C(=C(OC[C@@H]6CO[C@@](Cn7cncn7)(c7ccc(Cl)cc7Cl)O6)/C=C\4)C5)CC3)c(C3CCCCCCC3)c2)c1=O. The Morgan fingerprint density at radius 2 is 1.65 bits per heavy atom. The largest absolute Gasteiger partial charge is 0.491 e. The number of piperazine rings is 1. The molecule has 0 spiro atoms. The van der Waals surface area contributed by atoms with E-state index in [0.717, 1.165) is 56.9 Å². The molecule has 0 radical (unpaired) electrons. The van der Waals surface area contributed by atoms with E-state index in [-0.39, 0.29) is 24.4 Å². The topological polar surface area (TPSA) is 105 Å². The van der Waals surface area contributed by atoms with E-state index in [9.17, 15) is 4.79 Å². The van der Waals surface area contributed by atoms with Crippen LogP contribution in [0.5, 0.6) is 0 Å². The van der Waals surface area contributed by atoms with Crippen LogP contribution in [-0.4, -0.2) is 79.5 Å². The Balaban J connectivity index is 0.924. The number of benzene rings is 2. The predicted molar refractivity (Wildman–Crippen MR) is 257 cm³/mol. The molecule has 2 saturated heterocycles. The van der Waals surface area contributed by atoms with Gasteiger partial charge in [0.25, 0.3) is 0 Å². The predicted octanol–water partition coefficient (Wildman–Crippen LogP) is 10.9. The van der Waals surface area contributed by atoms with Gasteiger partial charge in [0.15, 0.2) is 0 Å². The molecule has 348 valence electrons. The highest BCUT2D eigenvalue weighted by Crippen LogP contribution is 2.42. The third-order valence-electron chi connectivity index (χ3n) is 14.5. The van der Waals surface area contributed by atoms with Crippen molar-refractivity contribution in [3.05, 3.63) is 122 Å². The van der Waals surface area contributed by atoms with E-state index >= 15 is 0 Å². The number of fused-ring (bicyclic) bond motifs is 2. The molecule has 2 aliphatic heterocycles. The van der Waals surface area contributed by atoms with Gasteiger partial charge in [0.05, 0.1) is 23.4 Å². The number of rotatable bonds is 12. The Morgan fingerprint density at radius 3 is 2.42 bits per heavy atom. The van der Waals surface area contributed by atoms with E-state index in [1.165, 1.54) is 106 Å². The van der Waals surface area contributed by atoms with Crippen LogP contribution in [0.1, 0.15) is 133 Å². The molecule has 9 rings (SSSR count). The number of hydrogen-bond donors (Lipinski definition) is 0. The molecule has 1 unspecified atom stereocenters. The zero-order chi connectivity index (χ0) is 44.8. The normalized spacial score (nSPS) is 26.7. The first-order valence-corrected chi connectivity index (χ1v) is 25.2. The quantitative estimate of drug-likeness (QED) is 0.137. The van der Waals surface area contributed by atoms with Gasteiger partial charge in [0.2, 0.25) is 5.79 Å². The minimum Gasteiger partial charge on any atom is -0.491 e. The minimum atomic E-state index is -1.17. The third-order valence-corrected chi connectivity index (χ3v) is 15.0. The van der Waals surface area contributed by atoms with Gasteiger partial charge in [-0.2, -0.15) is 10.2 Å². The minimum absolute atomic E-state index is 0.0579.